The summed E-state index contributed by atoms with van der Waals surface area (Å²) >= 11 is 0. The lowest BCUT2D eigenvalue weighted by atomic mass is 10.2. The molecule has 1 amide bonds. The van der Waals surface area contributed by atoms with Gasteiger partial charge in [-0.15, -0.1) is 0 Å². The molecule has 3 nitrogen and oxygen atoms in total. The third kappa shape index (κ3) is 3.85. The maximum Gasteiger partial charge on any atom is 0.255 e. The fraction of sp³-hybridized carbons (Fsp3) is 0.188. The van der Waals surface area contributed by atoms with Gasteiger partial charge in [-0.25, -0.2) is 0 Å². The van der Waals surface area contributed by atoms with E-state index in [1.165, 1.54) is 0 Å². The van der Waals surface area contributed by atoms with E-state index >= 15 is 0 Å². The van der Waals surface area contributed by atoms with Crippen LogP contribution in [0.1, 0.15) is 23.7 Å². The van der Waals surface area contributed by atoms with E-state index in [-0.39, 0.29) is 5.91 Å². The molecule has 98 valence electrons. The number of benzene rings is 2. The van der Waals surface area contributed by atoms with Crippen LogP contribution in [0.15, 0.2) is 54.6 Å². The van der Waals surface area contributed by atoms with Crippen LogP contribution in [0.5, 0.6) is 0 Å². The Kier molecular flexibility index (Phi) is 4.56. The van der Waals surface area contributed by atoms with Crippen LogP contribution >= 0.6 is 0 Å². The quantitative estimate of drug-likeness (QED) is 0.853. The van der Waals surface area contributed by atoms with E-state index in [2.05, 4.69) is 17.6 Å². The SMILES string of the molecule is CCCNc1ccc(C(=O)Nc2ccccc2)cc1. The molecule has 0 spiro atoms. The molecular formula is C16H18N2O. The molecule has 0 fully saturated rings. The van der Waals surface area contributed by atoms with Crippen LogP contribution in [0.4, 0.5) is 11.4 Å². The summed E-state index contributed by atoms with van der Waals surface area (Å²) in [5.41, 5.74) is 2.50. The molecule has 0 aliphatic rings. The van der Waals surface area contributed by atoms with Gasteiger partial charge in [-0.2, -0.15) is 0 Å². The fourth-order valence-corrected chi connectivity index (χ4v) is 1.73. The molecule has 0 bridgehead atoms. The van der Waals surface area contributed by atoms with E-state index in [1.54, 1.807) is 0 Å². The van der Waals surface area contributed by atoms with Crippen molar-refractivity contribution in [2.75, 3.05) is 17.2 Å². The normalized spacial score (nSPS) is 9.95. The lowest BCUT2D eigenvalue weighted by molar-refractivity contribution is 0.102. The van der Waals surface area contributed by atoms with Crippen molar-refractivity contribution in [3.05, 3.63) is 60.2 Å². The highest BCUT2D eigenvalue weighted by molar-refractivity contribution is 6.04. The first-order valence-electron chi connectivity index (χ1n) is 6.50. The van der Waals surface area contributed by atoms with Crippen molar-refractivity contribution in [3.63, 3.8) is 0 Å². The third-order valence-corrected chi connectivity index (χ3v) is 2.76. The molecule has 0 aliphatic heterocycles. The number of para-hydroxylation sites is 1. The van der Waals surface area contributed by atoms with Crippen LogP contribution in [-0.4, -0.2) is 12.5 Å². The molecule has 0 aromatic heterocycles. The van der Waals surface area contributed by atoms with E-state index in [9.17, 15) is 4.79 Å². The minimum atomic E-state index is -0.0896. The predicted molar refractivity (Wildman–Crippen MR) is 79.6 cm³/mol. The zero-order valence-corrected chi connectivity index (χ0v) is 11.0. The first kappa shape index (κ1) is 13.1. The standard InChI is InChI=1S/C16H18N2O/c1-2-12-17-14-10-8-13(9-11-14)16(19)18-15-6-4-3-5-7-15/h3-11,17H,2,12H2,1H3,(H,18,19). The second-order valence-corrected chi connectivity index (χ2v) is 4.32. The highest BCUT2D eigenvalue weighted by Crippen LogP contribution is 2.12. The van der Waals surface area contributed by atoms with E-state index in [4.69, 9.17) is 0 Å². The van der Waals surface area contributed by atoms with Crippen molar-refractivity contribution in [1.82, 2.24) is 0 Å². The summed E-state index contributed by atoms with van der Waals surface area (Å²) in [6.07, 6.45) is 1.08. The van der Waals surface area contributed by atoms with Crippen LogP contribution in [0.2, 0.25) is 0 Å². The van der Waals surface area contributed by atoms with Gasteiger partial charge in [-0.3, -0.25) is 4.79 Å². The van der Waals surface area contributed by atoms with Crippen molar-refractivity contribution in [1.29, 1.82) is 0 Å². The van der Waals surface area contributed by atoms with Crippen LogP contribution in [0, 0.1) is 0 Å². The molecular weight excluding hydrogens is 236 g/mol. The molecule has 2 rings (SSSR count). The first-order chi connectivity index (χ1) is 9.29. The molecule has 19 heavy (non-hydrogen) atoms. The molecule has 0 heterocycles. The number of nitrogens with one attached hydrogen (secondary N) is 2. The Morgan fingerprint density at radius 1 is 0.947 bits per heavy atom. The lowest BCUT2D eigenvalue weighted by Crippen LogP contribution is -2.11. The Balaban J connectivity index is 1.99. The second kappa shape index (κ2) is 6.59. The predicted octanol–water partition coefficient (Wildman–Crippen LogP) is 3.76. The van der Waals surface area contributed by atoms with E-state index in [0.717, 1.165) is 24.3 Å². The minimum absolute atomic E-state index is 0.0896. The smallest absolute Gasteiger partial charge is 0.255 e. The van der Waals surface area contributed by atoms with Crippen molar-refractivity contribution >= 4 is 17.3 Å². The minimum Gasteiger partial charge on any atom is -0.385 e. The largest absolute Gasteiger partial charge is 0.385 e. The van der Waals surface area contributed by atoms with Gasteiger partial charge in [0.05, 0.1) is 0 Å². The molecule has 2 N–H and O–H groups in total. The summed E-state index contributed by atoms with van der Waals surface area (Å²) in [6.45, 7) is 3.06. The van der Waals surface area contributed by atoms with Crippen molar-refractivity contribution in [2.45, 2.75) is 13.3 Å². The second-order valence-electron chi connectivity index (χ2n) is 4.32. The summed E-state index contributed by atoms with van der Waals surface area (Å²) in [5, 5.41) is 6.14. The van der Waals surface area contributed by atoms with Gasteiger partial charge in [0, 0.05) is 23.5 Å². The zero-order chi connectivity index (χ0) is 13.5. The molecule has 0 radical (unpaired) electrons. The summed E-state index contributed by atoms with van der Waals surface area (Å²) in [5.74, 6) is -0.0896. The zero-order valence-electron chi connectivity index (χ0n) is 11.0. The van der Waals surface area contributed by atoms with Crippen LogP contribution in [0.25, 0.3) is 0 Å². The van der Waals surface area contributed by atoms with Gasteiger partial charge in [0.15, 0.2) is 0 Å². The van der Waals surface area contributed by atoms with Crippen LogP contribution in [-0.2, 0) is 0 Å². The highest BCUT2D eigenvalue weighted by atomic mass is 16.1. The molecule has 0 saturated carbocycles. The number of anilines is 2. The summed E-state index contributed by atoms with van der Waals surface area (Å²) < 4.78 is 0. The van der Waals surface area contributed by atoms with Crippen LogP contribution < -0.4 is 10.6 Å². The van der Waals surface area contributed by atoms with E-state index in [0.29, 0.717) is 5.56 Å². The average Bonchev–Trinajstić information content (AvgIpc) is 2.46. The molecule has 0 aliphatic carbocycles. The summed E-state index contributed by atoms with van der Waals surface area (Å²) in [4.78, 5) is 12.0. The molecule has 0 saturated heterocycles. The van der Waals surface area contributed by atoms with Crippen LogP contribution in [0.3, 0.4) is 0 Å². The van der Waals surface area contributed by atoms with Gasteiger partial charge in [0.2, 0.25) is 0 Å². The Labute approximate surface area is 113 Å². The molecule has 2 aromatic carbocycles. The molecule has 0 atom stereocenters. The lowest BCUT2D eigenvalue weighted by Gasteiger charge is -2.07. The Morgan fingerprint density at radius 3 is 2.26 bits per heavy atom. The van der Waals surface area contributed by atoms with Gasteiger partial charge >= 0.3 is 0 Å². The van der Waals surface area contributed by atoms with Crippen molar-refractivity contribution in [2.24, 2.45) is 0 Å². The number of amides is 1. The Morgan fingerprint density at radius 2 is 1.63 bits per heavy atom. The van der Waals surface area contributed by atoms with Crippen molar-refractivity contribution in [3.8, 4) is 0 Å². The monoisotopic (exact) mass is 254 g/mol. The van der Waals surface area contributed by atoms with Gasteiger partial charge in [-0.1, -0.05) is 25.1 Å². The maximum atomic E-state index is 12.0. The van der Waals surface area contributed by atoms with Gasteiger partial charge in [0.1, 0.15) is 0 Å². The average molecular weight is 254 g/mol. The third-order valence-electron chi connectivity index (χ3n) is 2.76. The summed E-state index contributed by atoms with van der Waals surface area (Å²) in [7, 11) is 0. The number of carbonyl (C=O) groups is 1. The number of hydrogen-bond donors (Lipinski definition) is 2. The van der Waals surface area contributed by atoms with Gasteiger partial charge in [-0.05, 0) is 42.8 Å². The molecule has 2 aromatic rings. The van der Waals surface area contributed by atoms with Gasteiger partial charge in [0.25, 0.3) is 5.91 Å². The fourth-order valence-electron chi connectivity index (χ4n) is 1.73. The van der Waals surface area contributed by atoms with Gasteiger partial charge < -0.3 is 10.6 Å². The number of hydrogen-bond acceptors (Lipinski definition) is 2. The summed E-state index contributed by atoms with van der Waals surface area (Å²) in [6, 6.07) is 17.0. The first-order valence-corrected chi connectivity index (χ1v) is 6.50. The topological polar surface area (TPSA) is 41.1 Å². The maximum absolute atomic E-state index is 12.0. The molecule has 3 heteroatoms. The Bertz CT molecular complexity index is 520. The van der Waals surface area contributed by atoms with Crippen molar-refractivity contribution < 1.29 is 4.79 Å². The highest BCUT2D eigenvalue weighted by Gasteiger charge is 2.05. The molecule has 0 unspecified atom stereocenters. The number of rotatable bonds is 5. The Hall–Kier alpha value is -2.29. The number of carbonyl (C=O) groups excluding carboxylic acids is 1. The van der Waals surface area contributed by atoms with E-state index < -0.39 is 0 Å². The van der Waals surface area contributed by atoms with E-state index in [1.807, 2.05) is 54.6 Å².